The summed E-state index contributed by atoms with van der Waals surface area (Å²) < 4.78 is 0.803. The van der Waals surface area contributed by atoms with Crippen LogP contribution in [0.1, 0.15) is 9.80 Å². The first-order valence-corrected chi connectivity index (χ1v) is 4.38. The lowest BCUT2D eigenvalue weighted by Gasteiger charge is -1.90. The van der Waals surface area contributed by atoms with E-state index in [1.54, 1.807) is 18.2 Å². The minimum Gasteiger partial charge on any atom is -0.476 e. The zero-order valence-electron chi connectivity index (χ0n) is 6.52. The van der Waals surface area contributed by atoms with E-state index in [-0.39, 0.29) is 5.01 Å². The van der Waals surface area contributed by atoms with E-state index in [2.05, 4.69) is 4.98 Å². The molecule has 0 atom stereocenters. The van der Waals surface area contributed by atoms with Gasteiger partial charge in [0.25, 0.3) is 0 Å². The average Bonchev–Trinajstić information content (AvgIpc) is 2.49. The second kappa shape index (κ2) is 2.70. The zero-order chi connectivity index (χ0) is 9.42. The minimum atomic E-state index is -1.01. The number of aromatic nitrogens is 1. The lowest BCUT2D eigenvalue weighted by molar-refractivity contribution is 0.0697. The molecule has 1 aromatic carbocycles. The molecule has 0 aliphatic rings. The summed E-state index contributed by atoms with van der Waals surface area (Å²) in [6, 6.07) is 5.28. The molecule has 0 amide bonds. The number of hydrogen-bond acceptors (Lipinski definition) is 4. The van der Waals surface area contributed by atoms with Gasteiger partial charge in [0.15, 0.2) is 0 Å². The van der Waals surface area contributed by atoms with E-state index in [9.17, 15) is 4.79 Å². The Morgan fingerprint density at radius 3 is 2.92 bits per heavy atom. The monoisotopic (exact) mass is 194 g/mol. The lowest BCUT2D eigenvalue weighted by Crippen LogP contribution is -1.94. The van der Waals surface area contributed by atoms with Gasteiger partial charge in [0.1, 0.15) is 5.52 Å². The molecular formula is C8H6N2O2S. The first kappa shape index (κ1) is 8.00. The number of thiazole rings is 1. The van der Waals surface area contributed by atoms with Crippen molar-refractivity contribution in [2.75, 3.05) is 5.73 Å². The van der Waals surface area contributed by atoms with Crippen LogP contribution in [0.15, 0.2) is 18.2 Å². The van der Waals surface area contributed by atoms with Gasteiger partial charge in [-0.15, -0.1) is 11.3 Å². The first-order chi connectivity index (χ1) is 6.18. The highest BCUT2D eigenvalue weighted by molar-refractivity contribution is 7.20. The summed E-state index contributed by atoms with van der Waals surface area (Å²) in [6.45, 7) is 0. The van der Waals surface area contributed by atoms with Crippen molar-refractivity contribution >= 4 is 33.2 Å². The van der Waals surface area contributed by atoms with Gasteiger partial charge in [0.2, 0.25) is 5.01 Å². The molecule has 0 saturated carbocycles. The smallest absolute Gasteiger partial charge is 0.365 e. The van der Waals surface area contributed by atoms with Crippen molar-refractivity contribution in [3.8, 4) is 0 Å². The number of carbonyl (C=O) groups is 1. The van der Waals surface area contributed by atoms with Crippen LogP contribution in [0.5, 0.6) is 0 Å². The summed E-state index contributed by atoms with van der Waals surface area (Å²) in [7, 11) is 0. The van der Waals surface area contributed by atoms with Crippen molar-refractivity contribution in [3.05, 3.63) is 23.2 Å². The Labute approximate surface area is 77.6 Å². The molecule has 0 aliphatic heterocycles. The molecule has 13 heavy (non-hydrogen) atoms. The number of fused-ring (bicyclic) bond motifs is 1. The summed E-state index contributed by atoms with van der Waals surface area (Å²) in [4.78, 5) is 14.5. The number of anilines is 1. The van der Waals surface area contributed by atoms with Crippen LogP contribution in [0.2, 0.25) is 0 Å². The topological polar surface area (TPSA) is 76.2 Å². The first-order valence-electron chi connectivity index (χ1n) is 3.57. The van der Waals surface area contributed by atoms with Crippen LogP contribution in [-0.4, -0.2) is 16.1 Å². The fourth-order valence-electron chi connectivity index (χ4n) is 1.06. The molecule has 3 N–H and O–H groups in total. The van der Waals surface area contributed by atoms with Gasteiger partial charge in [0, 0.05) is 0 Å². The number of rotatable bonds is 1. The van der Waals surface area contributed by atoms with E-state index in [0.717, 1.165) is 16.0 Å². The number of carboxylic acid groups (broad SMARTS) is 1. The predicted molar refractivity (Wildman–Crippen MR) is 51.0 cm³/mol. The van der Waals surface area contributed by atoms with E-state index in [0.29, 0.717) is 11.2 Å². The molecule has 1 heterocycles. The molecule has 0 radical (unpaired) electrons. The largest absolute Gasteiger partial charge is 0.476 e. The van der Waals surface area contributed by atoms with Gasteiger partial charge in [-0.2, -0.15) is 0 Å². The van der Waals surface area contributed by atoms with Gasteiger partial charge in [-0.3, -0.25) is 0 Å². The fraction of sp³-hybridized carbons (Fsp3) is 0. The maximum absolute atomic E-state index is 10.6. The van der Waals surface area contributed by atoms with E-state index in [1.165, 1.54) is 0 Å². The van der Waals surface area contributed by atoms with Gasteiger partial charge < -0.3 is 10.8 Å². The van der Waals surface area contributed by atoms with Crippen LogP contribution < -0.4 is 5.73 Å². The lowest BCUT2D eigenvalue weighted by atomic mass is 10.3. The number of carboxylic acids is 1. The number of hydrogen-bond donors (Lipinski definition) is 2. The average molecular weight is 194 g/mol. The van der Waals surface area contributed by atoms with Crippen LogP contribution in [0.4, 0.5) is 5.69 Å². The van der Waals surface area contributed by atoms with Crippen LogP contribution >= 0.6 is 11.3 Å². The molecule has 0 fully saturated rings. The van der Waals surface area contributed by atoms with Crippen molar-refractivity contribution in [3.63, 3.8) is 0 Å². The van der Waals surface area contributed by atoms with E-state index < -0.39 is 5.97 Å². The molecule has 0 unspecified atom stereocenters. The molecule has 0 bridgehead atoms. The number of nitrogen functional groups attached to an aromatic ring is 1. The SMILES string of the molecule is Nc1cccc2sc(C(=O)O)nc12. The fourth-order valence-corrected chi connectivity index (χ4v) is 1.90. The van der Waals surface area contributed by atoms with Crippen LogP contribution in [0.25, 0.3) is 10.2 Å². The maximum Gasteiger partial charge on any atom is 0.365 e. The van der Waals surface area contributed by atoms with Crippen molar-refractivity contribution in [1.29, 1.82) is 0 Å². The van der Waals surface area contributed by atoms with E-state index >= 15 is 0 Å². The van der Waals surface area contributed by atoms with Crippen LogP contribution in [0.3, 0.4) is 0 Å². The number of para-hydroxylation sites is 1. The zero-order valence-corrected chi connectivity index (χ0v) is 7.34. The molecule has 0 spiro atoms. The molecule has 2 rings (SSSR count). The normalized spacial score (nSPS) is 10.5. The molecule has 66 valence electrons. The summed E-state index contributed by atoms with van der Waals surface area (Å²) >= 11 is 1.13. The van der Waals surface area contributed by atoms with Crippen molar-refractivity contribution in [2.45, 2.75) is 0 Å². The van der Waals surface area contributed by atoms with Gasteiger partial charge in [-0.05, 0) is 12.1 Å². The summed E-state index contributed by atoms with van der Waals surface area (Å²) in [5, 5.41) is 8.76. The van der Waals surface area contributed by atoms with Gasteiger partial charge >= 0.3 is 5.97 Å². The number of benzene rings is 1. The van der Waals surface area contributed by atoms with Gasteiger partial charge in [0.05, 0.1) is 10.4 Å². The molecule has 1 aromatic heterocycles. The third-order valence-corrected chi connectivity index (χ3v) is 2.64. The number of aromatic carboxylic acids is 1. The molecule has 5 heteroatoms. The molecule has 4 nitrogen and oxygen atoms in total. The molecule has 0 aliphatic carbocycles. The van der Waals surface area contributed by atoms with Gasteiger partial charge in [-0.1, -0.05) is 6.07 Å². The van der Waals surface area contributed by atoms with Crippen LogP contribution in [-0.2, 0) is 0 Å². The Morgan fingerprint density at radius 1 is 1.54 bits per heavy atom. The Bertz CT molecular complexity index is 478. The quantitative estimate of drug-likeness (QED) is 0.675. The Balaban J connectivity index is 2.75. The molecular weight excluding hydrogens is 188 g/mol. The Hall–Kier alpha value is -1.62. The van der Waals surface area contributed by atoms with E-state index in [1.807, 2.05) is 0 Å². The van der Waals surface area contributed by atoms with E-state index in [4.69, 9.17) is 10.8 Å². The third kappa shape index (κ3) is 1.23. The molecule has 2 aromatic rings. The summed E-state index contributed by atoms with van der Waals surface area (Å²) in [5.74, 6) is -1.01. The second-order valence-electron chi connectivity index (χ2n) is 2.52. The maximum atomic E-state index is 10.6. The van der Waals surface area contributed by atoms with Crippen molar-refractivity contribution in [1.82, 2.24) is 4.98 Å². The van der Waals surface area contributed by atoms with Crippen molar-refractivity contribution < 1.29 is 9.90 Å². The Morgan fingerprint density at radius 2 is 2.31 bits per heavy atom. The van der Waals surface area contributed by atoms with Gasteiger partial charge in [-0.25, -0.2) is 9.78 Å². The predicted octanol–water partition coefficient (Wildman–Crippen LogP) is 1.58. The Kier molecular flexibility index (Phi) is 1.66. The highest BCUT2D eigenvalue weighted by Crippen LogP contribution is 2.25. The third-order valence-electron chi connectivity index (χ3n) is 1.63. The number of nitrogens with zero attached hydrogens (tertiary/aromatic N) is 1. The summed E-state index contributed by atoms with van der Waals surface area (Å²) in [6.07, 6.45) is 0. The standard InChI is InChI=1S/C8H6N2O2S/c9-4-2-1-3-5-6(4)10-7(13-5)8(11)12/h1-3H,9H2,(H,11,12). The highest BCUT2D eigenvalue weighted by Gasteiger charge is 2.11. The minimum absolute atomic E-state index is 0.0768. The highest BCUT2D eigenvalue weighted by atomic mass is 32.1. The summed E-state index contributed by atoms with van der Waals surface area (Å²) in [5.41, 5.74) is 6.71. The van der Waals surface area contributed by atoms with Crippen molar-refractivity contribution in [2.24, 2.45) is 0 Å². The van der Waals surface area contributed by atoms with Crippen LogP contribution in [0, 0.1) is 0 Å². The second-order valence-corrected chi connectivity index (χ2v) is 3.55. The number of nitrogens with two attached hydrogens (primary N) is 1. The molecule has 0 saturated heterocycles.